The Bertz CT molecular complexity index is 537. The van der Waals surface area contributed by atoms with E-state index in [1.54, 1.807) is 4.68 Å². The van der Waals surface area contributed by atoms with Crippen molar-refractivity contribution in [1.82, 2.24) is 20.0 Å². The Morgan fingerprint density at radius 1 is 1.50 bits per heavy atom. The van der Waals surface area contributed by atoms with Gasteiger partial charge in [0.05, 0.1) is 17.6 Å². The van der Waals surface area contributed by atoms with Crippen LogP contribution in [0.5, 0.6) is 0 Å². The molecule has 0 aliphatic heterocycles. The van der Waals surface area contributed by atoms with Crippen LogP contribution in [0.2, 0.25) is 0 Å². The van der Waals surface area contributed by atoms with Crippen LogP contribution in [0.3, 0.4) is 0 Å². The van der Waals surface area contributed by atoms with Crippen LogP contribution in [0.1, 0.15) is 36.7 Å². The van der Waals surface area contributed by atoms with Crippen molar-refractivity contribution in [2.75, 3.05) is 11.1 Å². The average molecular weight is 248 g/mol. The molecule has 98 valence electrons. The lowest BCUT2D eigenvalue weighted by Crippen LogP contribution is -2.06. The van der Waals surface area contributed by atoms with Gasteiger partial charge in [-0.3, -0.25) is 9.78 Å². The van der Waals surface area contributed by atoms with Gasteiger partial charge in [0.2, 0.25) is 0 Å². The summed E-state index contributed by atoms with van der Waals surface area (Å²) in [4.78, 5) is 0. The van der Waals surface area contributed by atoms with E-state index in [-0.39, 0.29) is 0 Å². The summed E-state index contributed by atoms with van der Waals surface area (Å²) in [6.07, 6.45) is 1.82. The van der Waals surface area contributed by atoms with E-state index in [1.807, 2.05) is 20.2 Å². The molecule has 4 N–H and O–H groups in total. The Hall–Kier alpha value is -1.98. The number of anilines is 2. The molecule has 0 unspecified atom stereocenters. The number of nitrogens with two attached hydrogens (primary N) is 1. The Morgan fingerprint density at radius 3 is 2.72 bits per heavy atom. The van der Waals surface area contributed by atoms with Gasteiger partial charge in [-0.2, -0.15) is 10.2 Å². The monoisotopic (exact) mass is 248 g/mol. The summed E-state index contributed by atoms with van der Waals surface area (Å²) in [6, 6.07) is 0. The molecule has 0 bridgehead atoms. The van der Waals surface area contributed by atoms with Crippen LogP contribution in [-0.2, 0) is 13.6 Å². The fourth-order valence-electron chi connectivity index (χ4n) is 1.93. The first-order valence-corrected chi connectivity index (χ1v) is 6.05. The maximum Gasteiger partial charge on any atom is 0.148 e. The van der Waals surface area contributed by atoms with Gasteiger partial charge < -0.3 is 11.1 Å². The predicted molar refractivity (Wildman–Crippen MR) is 72.4 cm³/mol. The zero-order valence-corrected chi connectivity index (χ0v) is 11.3. The van der Waals surface area contributed by atoms with Gasteiger partial charge in [0.1, 0.15) is 5.82 Å². The molecule has 2 aromatic rings. The number of aryl methyl sites for hydroxylation is 2. The number of H-pyrrole nitrogens is 1. The molecule has 2 rings (SSSR count). The van der Waals surface area contributed by atoms with Crippen LogP contribution in [-0.4, -0.2) is 20.0 Å². The molecule has 2 heterocycles. The minimum absolute atomic E-state index is 0.322. The van der Waals surface area contributed by atoms with E-state index in [0.717, 1.165) is 28.5 Å². The van der Waals surface area contributed by atoms with Crippen molar-refractivity contribution in [2.24, 2.45) is 7.05 Å². The van der Waals surface area contributed by atoms with Crippen molar-refractivity contribution >= 4 is 11.5 Å². The topological polar surface area (TPSA) is 84.6 Å². The minimum Gasteiger partial charge on any atom is -0.394 e. The van der Waals surface area contributed by atoms with Crippen LogP contribution < -0.4 is 11.1 Å². The molecule has 6 heteroatoms. The lowest BCUT2D eigenvalue weighted by atomic mass is 10.1. The number of nitrogens with one attached hydrogen (secondary N) is 2. The molecule has 0 fully saturated rings. The van der Waals surface area contributed by atoms with E-state index < -0.39 is 0 Å². The molecule has 6 nitrogen and oxygen atoms in total. The van der Waals surface area contributed by atoms with Crippen molar-refractivity contribution in [3.8, 4) is 0 Å². The Balaban J connectivity index is 2.17. The molecule has 0 radical (unpaired) electrons. The summed E-state index contributed by atoms with van der Waals surface area (Å²) < 4.78 is 1.79. The summed E-state index contributed by atoms with van der Waals surface area (Å²) in [6.45, 7) is 6.85. The van der Waals surface area contributed by atoms with Crippen molar-refractivity contribution in [3.63, 3.8) is 0 Å². The molecule has 0 aromatic carbocycles. The summed E-state index contributed by atoms with van der Waals surface area (Å²) >= 11 is 0. The molecule has 0 atom stereocenters. The highest BCUT2D eigenvalue weighted by molar-refractivity contribution is 5.65. The number of hydrogen-bond donors (Lipinski definition) is 3. The first-order valence-electron chi connectivity index (χ1n) is 6.05. The zero-order chi connectivity index (χ0) is 13.3. The zero-order valence-electron chi connectivity index (χ0n) is 11.3. The third-order valence-electron chi connectivity index (χ3n) is 3.04. The van der Waals surface area contributed by atoms with Crippen LogP contribution >= 0.6 is 0 Å². The van der Waals surface area contributed by atoms with Gasteiger partial charge in [-0.25, -0.2) is 0 Å². The highest BCUT2D eigenvalue weighted by Gasteiger charge is 2.15. The molecule has 0 spiro atoms. The second-order valence-corrected chi connectivity index (χ2v) is 4.80. The smallest absolute Gasteiger partial charge is 0.148 e. The Morgan fingerprint density at radius 2 is 2.22 bits per heavy atom. The highest BCUT2D eigenvalue weighted by Crippen LogP contribution is 2.28. The number of nitrogens with zero attached hydrogens (tertiary/aromatic N) is 3. The Labute approximate surface area is 107 Å². The number of aromatic amines is 1. The molecule has 0 aliphatic carbocycles. The molecule has 0 aliphatic rings. The van der Waals surface area contributed by atoms with Crippen LogP contribution in [0.4, 0.5) is 11.5 Å². The SMILES string of the molecule is Cc1[nH]ncc1CNc1c(N)c(C(C)C)nn1C. The van der Waals surface area contributed by atoms with E-state index in [2.05, 4.69) is 34.5 Å². The largest absolute Gasteiger partial charge is 0.394 e. The van der Waals surface area contributed by atoms with Crippen LogP contribution in [0.25, 0.3) is 0 Å². The van der Waals surface area contributed by atoms with E-state index in [0.29, 0.717) is 12.5 Å². The van der Waals surface area contributed by atoms with Crippen LogP contribution in [0.15, 0.2) is 6.20 Å². The van der Waals surface area contributed by atoms with Gasteiger partial charge >= 0.3 is 0 Å². The maximum atomic E-state index is 6.11. The van der Waals surface area contributed by atoms with E-state index in [4.69, 9.17) is 5.73 Å². The van der Waals surface area contributed by atoms with E-state index >= 15 is 0 Å². The third kappa shape index (κ3) is 2.18. The maximum absolute atomic E-state index is 6.11. The second-order valence-electron chi connectivity index (χ2n) is 4.80. The molecular formula is C12H20N6. The van der Waals surface area contributed by atoms with Gasteiger partial charge in [0.25, 0.3) is 0 Å². The number of hydrogen-bond acceptors (Lipinski definition) is 4. The molecule has 0 saturated carbocycles. The van der Waals surface area contributed by atoms with Gasteiger partial charge in [0, 0.05) is 24.8 Å². The fraction of sp³-hybridized carbons (Fsp3) is 0.500. The predicted octanol–water partition coefficient (Wildman–Crippen LogP) is 1.77. The first-order chi connectivity index (χ1) is 8.50. The number of nitrogen functional groups attached to an aromatic ring is 1. The number of aromatic nitrogens is 4. The Kier molecular flexibility index (Phi) is 3.27. The average Bonchev–Trinajstić information content (AvgIpc) is 2.82. The standard InChI is InChI=1S/C12H20N6/c1-7(2)11-10(13)12(18(4)17-11)14-5-9-6-15-16-8(9)3/h6-7,14H,5,13H2,1-4H3,(H,15,16). The second kappa shape index (κ2) is 4.72. The third-order valence-corrected chi connectivity index (χ3v) is 3.04. The minimum atomic E-state index is 0.322. The molecule has 0 amide bonds. The fourth-order valence-corrected chi connectivity index (χ4v) is 1.93. The highest BCUT2D eigenvalue weighted by atomic mass is 15.3. The van der Waals surface area contributed by atoms with Gasteiger partial charge in [-0.15, -0.1) is 0 Å². The summed E-state index contributed by atoms with van der Waals surface area (Å²) in [5, 5.41) is 14.7. The first kappa shape index (κ1) is 12.5. The van der Waals surface area contributed by atoms with Gasteiger partial charge in [0.15, 0.2) is 0 Å². The van der Waals surface area contributed by atoms with Gasteiger partial charge in [-0.1, -0.05) is 13.8 Å². The summed E-state index contributed by atoms with van der Waals surface area (Å²) in [5.41, 5.74) is 9.97. The quantitative estimate of drug-likeness (QED) is 0.770. The van der Waals surface area contributed by atoms with E-state index in [1.165, 1.54) is 0 Å². The normalized spacial score (nSPS) is 11.2. The number of rotatable bonds is 4. The van der Waals surface area contributed by atoms with Crippen molar-refractivity contribution in [2.45, 2.75) is 33.2 Å². The molecule has 0 saturated heterocycles. The van der Waals surface area contributed by atoms with Crippen molar-refractivity contribution in [3.05, 3.63) is 23.1 Å². The van der Waals surface area contributed by atoms with Crippen LogP contribution in [0, 0.1) is 6.92 Å². The molecular weight excluding hydrogens is 228 g/mol. The van der Waals surface area contributed by atoms with Crippen molar-refractivity contribution < 1.29 is 0 Å². The lowest BCUT2D eigenvalue weighted by Gasteiger charge is -2.07. The van der Waals surface area contributed by atoms with Crippen molar-refractivity contribution in [1.29, 1.82) is 0 Å². The molecule has 18 heavy (non-hydrogen) atoms. The molecule has 2 aromatic heterocycles. The lowest BCUT2D eigenvalue weighted by molar-refractivity contribution is 0.715. The van der Waals surface area contributed by atoms with Gasteiger partial charge in [-0.05, 0) is 12.8 Å². The summed E-state index contributed by atoms with van der Waals surface area (Å²) in [7, 11) is 1.90. The summed E-state index contributed by atoms with van der Waals surface area (Å²) in [5.74, 6) is 1.18. The van der Waals surface area contributed by atoms with E-state index in [9.17, 15) is 0 Å².